The van der Waals surface area contributed by atoms with Gasteiger partial charge in [-0.15, -0.1) is 0 Å². The average molecular weight is 313 g/mol. The zero-order valence-corrected chi connectivity index (χ0v) is 13.6. The molecule has 2 nitrogen and oxygen atoms in total. The van der Waals surface area contributed by atoms with Crippen LogP contribution in [0.2, 0.25) is 5.02 Å². The Morgan fingerprint density at radius 3 is 2.55 bits per heavy atom. The van der Waals surface area contributed by atoms with Crippen LogP contribution in [0.1, 0.15) is 24.0 Å². The van der Waals surface area contributed by atoms with Crippen molar-refractivity contribution in [3.63, 3.8) is 0 Å². The molecule has 3 N–H and O–H groups in total. The zero-order chi connectivity index (χ0) is 15.5. The summed E-state index contributed by atoms with van der Waals surface area (Å²) in [5, 5.41) is 2.09. The summed E-state index contributed by atoms with van der Waals surface area (Å²) in [6.45, 7) is 2.89. The Kier molecular flexibility index (Phi) is 4.51. The van der Waals surface area contributed by atoms with Crippen molar-refractivity contribution < 1.29 is 0 Å². The molecule has 3 rings (SSSR count). The highest BCUT2D eigenvalue weighted by molar-refractivity contribution is 6.30. The summed E-state index contributed by atoms with van der Waals surface area (Å²) in [7, 11) is 0. The van der Waals surface area contributed by atoms with Gasteiger partial charge in [0.15, 0.2) is 0 Å². The summed E-state index contributed by atoms with van der Waals surface area (Å²) in [6.07, 6.45) is 3.20. The quantitative estimate of drug-likeness (QED) is 0.634. The third-order valence-corrected chi connectivity index (χ3v) is 4.42. The predicted molar refractivity (Wildman–Crippen MR) is 95.5 cm³/mol. The minimum Gasteiger partial charge on any atom is -0.354 e. The van der Waals surface area contributed by atoms with Crippen LogP contribution in [0.15, 0.2) is 42.5 Å². The minimum atomic E-state index is 0.748. The van der Waals surface area contributed by atoms with E-state index < -0.39 is 0 Å². The van der Waals surface area contributed by atoms with Crippen molar-refractivity contribution in [3.8, 4) is 11.3 Å². The first-order valence-electron chi connectivity index (χ1n) is 7.77. The van der Waals surface area contributed by atoms with Crippen molar-refractivity contribution in [3.05, 3.63) is 58.6 Å². The molecular weight excluding hydrogens is 292 g/mol. The third kappa shape index (κ3) is 2.90. The van der Waals surface area contributed by atoms with Gasteiger partial charge in [0.25, 0.3) is 0 Å². The van der Waals surface area contributed by atoms with E-state index >= 15 is 0 Å². The summed E-state index contributed by atoms with van der Waals surface area (Å²) in [5.74, 6) is 0. The third-order valence-electron chi connectivity index (χ3n) is 4.16. The number of aromatic amines is 1. The van der Waals surface area contributed by atoms with Crippen LogP contribution in [-0.2, 0) is 6.42 Å². The van der Waals surface area contributed by atoms with E-state index in [9.17, 15) is 0 Å². The molecule has 0 saturated carbocycles. The monoisotopic (exact) mass is 312 g/mol. The number of hydrogen-bond donors (Lipinski definition) is 2. The van der Waals surface area contributed by atoms with Crippen LogP contribution in [0.5, 0.6) is 0 Å². The highest BCUT2D eigenvalue weighted by Gasteiger charge is 2.13. The Morgan fingerprint density at radius 1 is 1.05 bits per heavy atom. The van der Waals surface area contributed by atoms with Crippen LogP contribution < -0.4 is 5.73 Å². The zero-order valence-electron chi connectivity index (χ0n) is 12.8. The van der Waals surface area contributed by atoms with E-state index in [4.69, 9.17) is 17.3 Å². The van der Waals surface area contributed by atoms with Gasteiger partial charge in [0, 0.05) is 21.6 Å². The molecular formula is C19H21ClN2. The molecule has 3 heteroatoms. The summed E-state index contributed by atoms with van der Waals surface area (Å²) in [4.78, 5) is 3.62. The number of rotatable bonds is 5. The molecule has 0 fully saturated rings. The van der Waals surface area contributed by atoms with Crippen LogP contribution in [0.3, 0.4) is 0 Å². The van der Waals surface area contributed by atoms with Crippen molar-refractivity contribution >= 4 is 22.5 Å². The smallest absolute Gasteiger partial charge is 0.0497 e. The van der Waals surface area contributed by atoms with Crippen molar-refractivity contribution in [1.29, 1.82) is 0 Å². The molecule has 0 aliphatic rings. The standard InChI is InChI=1S/C19H21ClN2/c1-13-5-4-7-16-17(6-2-3-12-21)19(22-18(13)16)14-8-10-15(20)11-9-14/h4-5,7-11,22H,2-3,6,12,21H2,1H3. The number of benzene rings is 2. The Labute approximate surface area is 136 Å². The Balaban J connectivity index is 2.12. The van der Waals surface area contributed by atoms with Gasteiger partial charge in [-0.3, -0.25) is 0 Å². The van der Waals surface area contributed by atoms with E-state index in [1.807, 2.05) is 12.1 Å². The number of halogens is 1. The lowest BCUT2D eigenvalue weighted by molar-refractivity contribution is 0.748. The topological polar surface area (TPSA) is 41.8 Å². The van der Waals surface area contributed by atoms with E-state index in [2.05, 4.69) is 42.2 Å². The van der Waals surface area contributed by atoms with Gasteiger partial charge in [-0.1, -0.05) is 41.9 Å². The van der Waals surface area contributed by atoms with E-state index in [0.29, 0.717) is 0 Å². The molecule has 0 bridgehead atoms. The first kappa shape index (κ1) is 15.1. The Morgan fingerprint density at radius 2 is 1.82 bits per heavy atom. The Hall–Kier alpha value is -1.77. The van der Waals surface area contributed by atoms with Gasteiger partial charge in [0.05, 0.1) is 0 Å². The maximum Gasteiger partial charge on any atom is 0.0497 e. The summed E-state index contributed by atoms with van der Waals surface area (Å²) in [5.41, 5.74) is 11.9. The lowest BCUT2D eigenvalue weighted by Gasteiger charge is -2.05. The molecule has 1 heterocycles. The fourth-order valence-corrected chi connectivity index (χ4v) is 3.12. The van der Waals surface area contributed by atoms with E-state index in [-0.39, 0.29) is 0 Å². The molecule has 0 amide bonds. The number of nitrogens with two attached hydrogens (primary N) is 1. The average Bonchev–Trinajstić information content (AvgIpc) is 2.89. The molecule has 1 aromatic heterocycles. The molecule has 0 radical (unpaired) electrons. The van der Waals surface area contributed by atoms with Crippen molar-refractivity contribution in [2.24, 2.45) is 5.73 Å². The molecule has 22 heavy (non-hydrogen) atoms. The number of unbranched alkanes of at least 4 members (excludes halogenated alkanes) is 1. The van der Waals surface area contributed by atoms with Crippen LogP contribution in [0.25, 0.3) is 22.2 Å². The van der Waals surface area contributed by atoms with Crippen LogP contribution in [0, 0.1) is 6.92 Å². The molecule has 3 aromatic rings. The minimum absolute atomic E-state index is 0.748. The summed E-state index contributed by atoms with van der Waals surface area (Å²) < 4.78 is 0. The van der Waals surface area contributed by atoms with Crippen LogP contribution in [-0.4, -0.2) is 11.5 Å². The molecule has 114 valence electrons. The lowest BCUT2D eigenvalue weighted by Crippen LogP contribution is -1.99. The number of hydrogen-bond acceptors (Lipinski definition) is 1. The first-order chi connectivity index (χ1) is 10.7. The van der Waals surface area contributed by atoms with Crippen LogP contribution in [0.4, 0.5) is 0 Å². The predicted octanol–water partition coefficient (Wildman–Crippen LogP) is 5.08. The number of aromatic nitrogens is 1. The molecule has 0 unspecified atom stereocenters. The van der Waals surface area contributed by atoms with E-state index in [0.717, 1.165) is 30.8 Å². The first-order valence-corrected chi connectivity index (χ1v) is 8.14. The maximum atomic E-state index is 6.02. The van der Waals surface area contributed by atoms with E-state index in [1.54, 1.807) is 0 Å². The van der Waals surface area contributed by atoms with Gasteiger partial charge >= 0.3 is 0 Å². The molecule has 0 aliphatic carbocycles. The largest absolute Gasteiger partial charge is 0.354 e. The van der Waals surface area contributed by atoms with Gasteiger partial charge in [-0.25, -0.2) is 0 Å². The SMILES string of the molecule is Cc1cccc2c(CCCCN)c(-c3ccc(Cl)cc3)[nH]c12. The van der Waals surface area contributed by atoms with E-state index in [1.165, 1.54) is 33.3 Å². The second-order valence-corrected chi connectivity index (χ2v) is 6.17. The number of para-hydroxylation sites is 1. The number of nitrogens with one attached hydrogen (secondary N) is 1. The molecule has 0 spiro atoms. The second kappa shape index (κ2) is 6.55. The number of H-pyrrole nitrogens is 1. The molecule has 0 aliphatic heterocycles. The fourth-order valence-electron chi connectivity index (χ4n) is 2.99. The molecule has 2 aromatic carbocycles. The maximum absolute atomic E-state index is 6.02. The fraction of sp³-hybridized carbons (Fsp3) is 0.263. The highest BCUT2D eigenvalue weighted by atomic mass is 35.5. The molecule has 0 atom stereocenters. The van der Waals surface area contributed by atoms with Gasteiger partial charge in [-0.05, 0) is 61.6 Å². The second-order valence-electron chi connectivity index (χ2n) is 5.73. The Bertz CT molecular complexity index is 772. The summed E-state index contributed by atoms with van der Waals surface area (Å²) in [6, 6.07) is 14.5. The van der Waals surface area contributed by atoms with Gasteiger partial charge < -0.3 is 10.7 Å². The molecule has 0 saturated heterocycles. The normalized spacial score (nSPS) is 11.2. The highest BCUT2D eigenvalue weighted by Crippen LogP contribution is 2.33. The summed E-state index contributed by atoms with van der Waals surface area (Å²) >= 11 is 6.02. The van der Waals surface area contributed by atoms with Crippen molar-refractivity contribution in [1.82, 2.24) is 4.98 Å². The van der Waals surface area contributed by atoms with Gasteiger partial charge in [-0.2, -0.15) is 0 Å². The van der Waals surface area contributed by atoms with Gasteiger partial charge in [0.1, 0.15) is 0 Å². The van der Waals surface area contributed by atoms with Crippen LogP contribution >= 0.6 is 11.6 Å². The lowest BCUT2D eigenvalue weighted by atomic mass is 9.99. The number of fused-ring (bicyclic) bond motifs is 1. The van der Waals surface area contributed by atoms with Gasteiger partial charge in [0.2, 0.25) is 0 Å². The van der Waals surface area contributed by atoms with Crippen molar-refractivity contribution in [2.75, 3.05) is 6.54 Å². The number of aryl methyl sites for hydroxylation is 2. The van der Waals surface area contributed by atoms with Crippen molar-refractivity contribution in [2.45, 2.75) is 26.2 Å².